The molecule has 1 rings (SSSR count). The molecule has 1 nitrogen and oxygen atoms in total. The van der Waals surface area contributed by atoms with Crippen LogP contribution in [-0.4, -0.2) is 6.04 Å². The van der Waals surface area contributed by atoms with Gasteiger partial charge in [0, 0.05) is 11.6 Å². The number of rotatable bonds is 5. The summed E-state index contributed by atoms with van der Waals surface area (Å²) >= 11 is 0. The number of hydrogen-bond acceptors (Lipinski definition) is 1. The summed E-state index contributed by atoms with van der Waals surface area (Å²) in [4.78, 5) is 0. The van der Waals surface area contributed by atoms with Gasteiger partial charge in [0.2, 0.25) is 0 Å². The van der Waals surface area contributed by atoms with Gasteiger partial charge < -0.3 is 5.73 Å². The van der Waals surface area contributed by atoms with E-state index in [-0.39, 0.29) is 11.6 Å². The summed E-state index contributed by atoms with van der Waals surface area (Å²) in [5, 5.41) is 0. The van der Waals surface area contributed by atoms with E-state index < -0.39 is 11.6 Å². The van der Waals surface area contributed by atoms with Gasteiger partial charge in [0.05, 0.1) is 0 Å². The van der Waals surface area contributed by atoms with E-state index in [1.165, 1.54) is 18.2 Å². The summed E-state index contributed by atoms with van der Waals surface area (Å²) in [6, 6.07) is 4.07. The molecule has 0 amide bonds. The minimum Gasteiger partial charge on any atom is -0.327 e. The predicted molar refractivity (Wildman–Crippen MR) is 62.1 cm³/mol. The second kappa shape index (κ2) is 5.94. The first-order valence-corrected chi connectivity index (χ1v) is 5.71. The zero-order chi connectivity index (χ0) is 12.1. The van der Waals surface area contributed by atoms with Crippen molar-refractivity contribution < 1.29 is 8.78 Å². The van der Waals surface area contributed by atoms with Crippen molar-refractivity contribution in [3.8, 4) is 0 Å². The third-order valence-electron chi connectivity index (χ3n) is 2.88. The van der Waals surface area contributed by atoms with E-state index in [1.54, 1.807) is 0 Å². The molecular weight excluding hydrogens is 208 g/mol. The molecule has 0 saturated heterocycles. The lowest BCUT2D eigenvalue weighted by atomic mass is 9.97. The number of benzene rings is 1. The van der Waals surface area contributed by atoms with Gasteiger partial charge in [-0.2, -0.15) is 0 Å². The third kappa shape index (κ3) is 3.56. The van der Waals surface area contributed by atoms with Gasteiger partial charge >= 0.3 is 0 Å². The van der Waals surface area contributed by atoms with Crippen LogP contribution in [0, 0.1) is 17.6 Å². The van der Waals surface area contributed by atoms with Gasteiger partial charge in [-0.1, -0.05) is 19.9 Å². The zero-order valence-corrected chi connectivity index (χ0v) is 9.84. The maximum Gasteiger partial charge on any atom is 0.129 e. The Hall–Kier alpha value is -0.960. The highest BCUT2D eigenvalue weighted by Crippen LogP contribution is 2.16. The summed E-state index contributed by atoms with van der Waals surface area (Å²) in [7, 11) is 0. The Bertz CT molecular complexity index is 316. The van der Waals surface area contributed by atoms with Crippen LogP contribution in [0.25, 0.3) is 0 Å². The van der Waals surface area contributed by atoms with E-state index in [2.05, 4.69) is 0 Å². The van der Waals surface area contributed by atoms with Crippen LogP contribution in [0.3, 0.4) is 0 Å². The molecule has 0 aromatic heterocycles. The quantitative estimate of drug-likeness (QED) is 0.820. The first kappa shape index (κ1) is 13.1. The number of hydrogen-bond donors (Lipinski definition) is 1. The normalized spacial score (nSPS) is 13.1. The molecule has 16 heavy (non-hydrogen) atoms. The third-order valence-corrected chi connectivity index (χ3v) is 2.88. The maximum absolute atomic E-state index is 13.3. The van der Waals surface area contributed by atoms with Crippen molar-refractivity contribution in [2.24, 2.45) is 11.7 Å². The average Bonchev–Trinajstić information content (AvgIpc) is 2.22. The SMILES string of the molecule is CC(C)C(N)CCCc1c(F)cccc1F. The van der Waals surface area contributed by atoms with Crippen molar-refractivity contribution in [3.05, 3.63) is 35.4 Å². The first-order chi connectivity index (χ1) is 7.52. The minimum atomic E-state index is -0.460. The molecule has 1 atom stereocenters. The molecule has 90 valence electrons. The van der Waals surface area contributed by atoms with E-state index in [0.717, 1.165) is 12.8 Å². The molecule has 0 heterocycles. The summed E-state index contributed by atoms with van der Waals surface area (Å²) in [6.45, 7) is 4.10. The average molecular weight is 227 g/mol. The molecule has 0 radical (unpaired) electrons. The highest BCUT2D eigenvalue weighted by molar-refractivity contribution is 5.19. The van der Waals surface area contributed by atoms with Gasteiger partial charge in [-0.3, -0.25) is 0 Å². The van der Waals surface area contributed by atoms with Crippen LogP contribution in [0.4, 0.5) is 8.78 Å². The van der Waals surface area contributed by atoms with E-state index >= 15 is 0 Å². The fourth-order valence-corrected chi connectivity index (χ4v) is 1.62. The molecule has 0 aliphatic heterocycles. The molecule has 1 unspecified atom stereocenters. The molecule has 0 aliphatic rings. The molecule has 0 bridgehead atoms. The van der Waals surface area contributed by atoms with Gasteiger partial charge in [0.1, 0.15) is 11.6 Å². The van der Waals surface area contributed by atoms with Crippen molar-refractivity contribution in [1.82, 2.24) is 0 Å². The van der Waals surface area contributed by atoms with Gasteiger partial charge in [-0.05, 0) is 37.3 Å². The Morgan fingerprint density at radius 1 is 1.19 bits per heavy atom. The van der Waals surface area contributed by atoms with Gasteiger partial charge in [0.15, 0.2) is 0 Å². The molecule has 3 heteroatoms. The Morgan fingerprint density at radius 2 is 1.75 bits per heavy atom. The van der Waals surface area contributed by atoms with Crippen LogP contribution >= 0.6 is 0 Å². The molecule has 2 N–H and O–H groups in total. The van der Waals surface area contributed by atoms with Crippen LogP contribution in [0.5, 0.6) is 0 Å². The lowest BCUT2D eigenvalue weighted by Crippen LogP contribution is -2.26. The standard InChI is InChI=1S/C13H19F2N/c1-9(2)13(16)8-3-5-10-11(14)6-4-7-12(10)15/h4,6-7,9,13H,3,5,8,16H2,1-2H3. The van der Waals surface area contributed by atoms with E-state index in [0.29, 0.717) is 12.3 Å². The van der Waals surface area contributed by atoms with Crippen molar-refractivity contribution >= 4 is 0 Å². The number of nitrogens with two attached hydrogens (primary N) is 1. The topological polar surface area (TPSA) is 26.0 Å². The second-order valence-electron chi connectivity index (χ2n) is 4.50. The van der Waals surface area contributed by atoms with Crippen LogP contribution in [0.1, 0.15) is 32.3 Å². The van der Waals surface area contributed by atoms with Crippen molar-refractivity contribution in [2.75, 3.05) is 0 Å². The molecular formula is C13H19F2N. The Kier molecular flexibility index (Phi) is 4.87. The van der Waals surface area contributed by atoms with Crippen molar-refractivity contribution in [1.29, 1.82) is 0 Å². The molecule has 1 aromatic rings. The molecule has 1 aromatic carbocycles. The highest BCUT2D eigenvalue weighted by atomic mass is 19.1. The van der Waals surface area contributed by atoms with Crippen molar-refractivity contribution in [3.63, 3.8) is 0 Å². The van der Waals surface area contributed by atoms with Gasteiger partial charge in [-0.25, -0.2) is 8.78 Å². The minimum absolute atomic E-state index is 0.106. The smallest absolute Gasteiger partial charge is 0.129 e. The Balaban J connectivity index is 2.49. The summed E-state index contributed by atoms with van der Waals surface area (Å²) < 4.78 is 26.5. The Morgan fingerprint density at radius 3 is 2.25 bits per heavy atom. The summed E-state index contributed by atoms with van der Waals surface area (Å²) in [5.74, 6) is -0.512. The monoisotopic (exact) mass is 227 g/mol. The highest BCUT2D eigenvalue weighted by Gasteiger charge is 2.10. The molecule has 0 fully saturated rings. The lowest BCUT2D eigenvalue weighted by Gasteiger charge is -2.15. The van der Waals surface area contributed by atoms with Crippen LogP contribution in [-0.2, 0) is 6.42 Å². The fraction of sp³-hybridized carbons (Fsp3) is 0.538. The Labute approximate surface area is 95.7 Å². The number of halogens is 2. The predicted octanol–water partition coefficient (Wildman–Crippen LogP) is 3.27. The van der Waals surface area contributed by atoms with Crippen molar-refractivity contribution in [2.45, 2.75) is 39.2 Å². The van der Waals surface area contributed by atoms with Gasteiger partial charge in [-0.15, -0.1) is 0 Å². The first-order valence-electron chi connectivity index (χ1n) is 5.71. The van der Waals surface area contributed by atoms with Crippen LogP contribution in [0.15, 0.2) is 18.2 Å². The lowest BCUT2D eigenvalue weighted by molar-refractivity contribution is 0.447. The largest absolute Gasteiger partial charge is 0.327 e. The zero-order valence-electron chi connectivity index (χ0n) is 9.84. The van der Waals surface area contributed by atoms with E-state index in [1.807, 2.05) is 13.8 Å². The molecule has 0 spiro atoms. The fourth-order valence-electron chi connectivity index (χ4n) is 1.62. The molecule has 0 saturated carbocycles. The van der Waals surface area contributed by atoms with Crippen LogP contribution < -0.4 is 5.73 Å². The van der Waals surface area contributed by atoms with Crippen LogP contribution in [0.2, 0.25) is 0 Å². The molecule has 0 aliphatic carbocycles. The summed E-state index contributed by atoms with van der Waals surface area (Å²) in [6.07, 6.45) is 1.93. The van der Waals surface area contributed by atoms with E-state index in [9.17, 15) is 8.78 Å². The summed E-state index contributed by atoms with van der Waals surface area (Å²) in [5.41, 5.74) is 6.05. The maximum atomic E-state index is 13.3. The van der Waals surface area contributed by atoms with Gasteiger partial charge in [0.25, 0.3) is 0 Å². The second-order valence-corrected chi connectivity index (χ2v) is 4.50. The van der Waals surface area contributed by atoms with E-state index in [4.69, 9.17) is 5.73 Å².